The summed E-state index contributed by atoms with van der Waals surface area (Å²) in [6.45, 7) is 3.73. The first-order chi connectivity index (χ1) is 8.66. The minimum Gasteiger partial charge on any atom is -0.381 e. The number of rotatable bonds is 1. The second kappa shape index (κ2) is 4.72. The monoisotopic (exact) mass is 284 g/mol. The van der Waals surface area contributed by atoms with Gasteiger partial charge < -0.3 is 9.30 Å². The standard InChI is InChI=1S/C13H14Cl2N2O/c1-8-7-18-5-4-11(8)17-12-3-2-9(14)6-10(12)16-13(17)15/h2-3,6,8,11H,4-5,7H2,1H3/t8-,11-/m0/s1. The quantitative estimate of drug-likeness (QED) is 0.793. The Kier molecular flexibility index (Phi) is 3.22. The van der Waals surface area contributed by atoms with E-state index in [1.807, 2.05) is 18.2 Å². The molecule has 1 fully saturated rings. The molecule has 0 amide bonds. The van der Waals surface area contributed by atoms with Crippen LogP contribution < -0.4 is 0 Å². The van der Waals surface area contributed by atoms with Crippen molar-refractivity contribution in [3.05, 3.63) is 28.5 Å². The Morgan fingerprint density at radius 3 is 3.00 bits per heavy atom. The number of hydrogen-bond donors (Lipinski definition) is 0. The highest BCUT2D eigenvalue weighted by atomic mass is 35.5. The molecule has 0 aliphatic carbocycles. The highest BCUT2D eigenvalue weighted by Crippen LogP contribution is 2.34. The molecule has 1 saturated heterocycles. The molecule has 0 N–H and O–H groups in total. The van der Waals surface area contributed by atoms with Gasteiger partial charge in [0.2, 0.25) is 5.28 Å². The van der Waals surface area contributed by atoms with Gasteiger partial charge in [-0.3, -0.25) is 0 Å². The summed E-state index contributed by atoms with van der Waals surface area (Å²) >= 11 is 12.3. The molecule has 2 atom stereocenters. The van der Waals surface area contributed by atoms with Crippen molar-refractivity contribution in [2.75, 3.05) is 13.2 Å². The lowest BCUT2D eigenvalue weighted by Gasteiger charge is -2.30. The lowest BCUT2D eigenvalue weighted by atomic mass is 9.97. The van der Waals surface area contributed by atoms with Crippen molar-refractivity contribution < 1.29 is 4.74 Å². The molecule has 2 aromatic rings. The third kappa shape index (κ3) is 2.00. The number of imidazole rings is 1. The summed E-state index contributed by atoms with van der Waals surface area (Å²) in [5, 5.41) is 1.22. The minimum absolute atomic E-state index is 0.345. The minimum atomic E-state index is 0.345. The van der Waals surface area contributed by atoms with Gasteiger partial charge in [-0.2, -0.15) is 0 Å². The van der Waals surface area contributed by atoms with Gasteiger partial charge in [0.1, 0.15) is 0 Å². The summed E-state index contributed by atoms with van der Waals surface area (Å²) in [4.78, 5) is 4.39. The fourth-order valence-electron chi connectivity index (χ4n) is 2.61. The maximum atomic E-state index is 6.29. The lowest BCUT2D eigenvalue weighted by Crippen LogP contribution is -2.28. The molecule has 1 aromatic heterocycles. The number of hydrogen-bond acceptors (Lipinski definition) is 2. The fourth-order valence-corrected chi connectivity index (χ4v) is 3.08. The molecule has 3 rings (SSSR count). The van der Waals surface area contributed by atoms with E-state index in [9.17, 15) is 0 Å². The molecule has 0 bridgehead atoms. The van der Waals surface area contributed by atoms with Gasteiger partial charge in [-0.1, -0.05) is 18.5 Å². The van der Waals surface area contributed by atoms with Crippen molar-refractivity contribution in [1.29, 1.82) is 0 Å². The van der Waals surface area contributed by atoms with Gasteiger partial charge in [0.05, 0.1) is 17.6 Å². The first kappa shape index (κ1) is 12.3. The fraction of sp³-hybridized carbons (Fsp3) is 0.462. The Hall–Kier alpha value is -0.770. The molecule has 1 aliphatic rings. The molecular formula is C13H14Cl2N2O. The van der Waals surface area contributed by atoms with E-state index in [2.05, 4.69) is 16.5 Å². The second-order valence-electron chi connectivity index (χ2n) is 4.79. The summed E-state index contributed by atoms with van der Waals surface area (Å²) in [5.41, 5.74) is 1.90. The van der Waals surface area contributed by atoms with Crippen molar-refractivity contribution in [3.8, 4) is 0 Å². The first-order valence-corrected chi connectivity index (χ1v) is 6.83. The molecular weight excluding hydrogens is 271 g/mol. The molecule has 0 radical (unpaired) electrons. The van der Waals surface area contributed by atoms with Gasteiger partial charge in [-0.15, -0.1) is 0 Å². The van der Waals surface area contributed by atoms with E-state index < -0.39 is 0 Å². The highest BCUT2D eigenvalue weighted by molar-refractivity contribution is 6.31. The second-order valence-corrected chi connectivity index (χ2v) is 5.57. The molecule has 0 saturated carbocycles. The molecule has 0 spiro atoms. The van der Waals surface area contributed by atoms with E-state index >= 15 is 0 Å². The van der Waals surface area contributed by atoms with Crippen molar-refractivity contribution in [1.82, 2.24) is 9.55 Å². The van der Waals surface area contributed by atoms with Gasteiger partial charge >= 0.3 is 0 Å². The van der Waals surface area contributed by atoms with E-state index in [4.69, 9.17) is 27.9 Å². The van der Waals surface area contributed by atoms with Gasteiger partial charge in [0, 0.05) is 23.6 Å². The number of benzene rings is 1. The van der Waals surface area contributed by atoms with Crippen LogP contribution in [0.3, 0.4) is 0 Å². The summed E-state index contributed by atoms with van der Waals surface area (Å²) in [6, 6.07) is 6.06. The van der Waals surface area contributed by atoms with Gasteiger partial charge in [-0.05, 0) is 36.2 Å². The van der Waals surface area contributed by atoms with E-state index in [0.717, 1.165) is 30.7 Å². The van der Waals surface area contributed by atoms with E-state index in [1.165, 1.54) is 0 Å². The largest absolute Gasteiger partial charge is 0.381 e. The summed E-state index contributed by atoms with van der Waals surface area (Å²) < 4.78 is 7.59. The predicted molar refractivity (Wildman–Crippen MR) is 73.4 cm³/mol. The van der Waals surface area contributed by atoms with Gasteiger partial charge in [-0.25, -0.2) is 4.98 Å². The van der Waals surface area contributed by atoms with Gasteiger partial charge in [0.25, 0.3) is 0 Å². The third-order valence-electron chi connectivity index (χ3n) is 3.54. The van der Waals surface area contributed by atoms with Crippen molar-refractivity contribution in [2.45, 2.75) is 19.4 Å². The topological polar surface area (TPSA) is 27.1 Å². The SMILES string of the molecule is C[C@H]1COCC[C@@H]1n1c(Cl)nc2cc(Cl)ccc21. The van der Waals surface area contributed by atoms with Crippen LogP contribution >= 0.6 is 23.2 Å². The third-order valence-corrected chi connectivity index (χ3v) is 4.04. The normalized spacial score (nSPS) is 24.6. The van der Waals surface area contributed by atoms with Crippen molar-refractivity contribution in [3.63, 3.8) is 0 Å². The summed E-state index contributed by atoms with van der Waals surface area (Å²) in [5.74, 6) is 0.435. The maximum Gasteiger partial charge on any atom is 0.204 e. The number of aromatic nitrogens is 2. The Balaban J connectivity index is 2.12. The van der Waals surface area contributed by atoms with E-state index in [-0.39, 0.29) is 0 Å². The van der Waals surface area contributed by atoms with Crippen LogP contribution in [-0.2, 0) is 4.74 Å². The van der Waals surface area contributed by atoms with Crippen LogP contribution in [0, 0.1) is 5.92 Å². The van der Waals surface area contributed by atoms with Crippen LogP contribution in [0.15, 0.2) is 18.2 Å². The molecule has 1 aliphatic heterocycles. The molecule has 0 unspecified atom stereocenters. The van der Waals surface area contributed by atoms with Crippen LogP contribution in [-0.4, -0.2) is 22.8 Å². The Morgan fingerprint density at radius 2 is 2.22 bits per heavy atom. The lowest BCUT2D eigenvalue weighted by molar-refractivity contribution is 0.0299. The molecule has 1 aromatic carbocycles. The van der Waals surface area contributed by atoms with E-state index in [0.29, 0.717) is 22.3 Å². The summed E-state index contributed by atoms with van der Waals surface area (Å²) in [6.07, 6.45) is 0.967. The Labute approximate surface area is 116 Å². The number of nitrogens with zero attached hydrogens (tertiary/aromatic N) is 2. The number of fused-ring (bicyclic) bond motifs is 1. The zero-order valence-electron chi connectivity index (χ0n) is 10.1. The van der Waals surface area contributed by atoms with Crippen LogP contribution in [0.4, 0.5) is 0 Å². The zero-order chi connectivity index (χ0) is 12.7. The molecule has 5 heteroatoms. The molecule has 2 heterocycles. The van der Waals surface area contributed by atoms with Crippen LogP contribution in [0.5, 0.6) is 0 Å². The average Bonchev–Trinajstić information content (AvgIpc) is 2.65. The number of halogens is 2. The Bertz CT molecular complexity index is 582. The molecule has 3 nitrogen and oxygen atoms in total. The van der Waals surface area contributed by atoms with Crippen LogP contribution in [0.25, 0.3) is 11.0 Å². The molecule has 18 heavy (non-hydrogen) atoms. The van der Waals surface area contributed by atoms with Crippen LogP contribution in [0.2, 0.25) is 10.3 Å². The average molecular weight is 285 g/mol. The highest BCUT2D eigenvalue weighted by Gasteiger charge is 2.26. The number of ether oxygens (including phenoxy) is 1. The smallest absolute Gasteiger partial charge is 0.204 e. The van der Waals surface area contributed by atoms with Crippen molar-refractivity contribution in [2.24, 2.45) is 5.92 Å². The zero-order valence-corrected chi connectivity index (χ0v) is 11.6. The maximum absolute atomic E-state index is 6.29. The van der Waals surface area contributed by atoms with Crippen LogP contribution in [0.1, 0.15) is 19.4 Å². The Morgan fingerprint density at radius 1 is 1.39 bits per heavy atom. The first-order valence-electron chi connectivity index (χ1n) is 6.07. The predicted octanol–water partition coefficient (Wildman–Crippen LogP) is 3.94. The summed E-state index contributed by atoms with van der Waals surface area (Å²) in [7, 11) is 0. The van der Waals surface area contributed by atoms with E-state index in [1.54, 1.807) is 0 Å². The van der Waals surface area contributed by atoms with Gasteiger partial charge in [0.15, 0.2) is 0 Å². The van der Waals surface area contributed by atoms with Crippen molar-refractivity contribution >= 4 is 34.2 Å². The molecule has 96 valence electrons.